The summed E-state index contributed by atoms with van der Waals surface area (Å²) >= 11 is 7.40. The largest absolute Gasteiger partial charge is 0.496 e. The standard InChI is InChI=1S/C21H18ClN3O3S/c1-28-17-8-7-14(22)11-15(17)19(26)24-21-23-16-9-10-25(12-18(16)29-21)20(27)13-5-3-2-4-6-13/h2-8,11H,9-10,12H2,1H3,(H,23,24,26). The molecule has 0 atom stereocenters. The number of nitrogens with one attached hydrogen (secondary N) is 1. The van der Waals surface area contributed by atoms with Gasteiger partial charge in [0.2, 0.25) is 0 Å². The van der Waals surface area contributed by atoms with Gasteiger partial charge in [-0.3, -0.25) is 14.9 Å². The number of anilines is 1. The number of nitrogens with zero attached hydrogens (tertiary/aromatic N) is 2. The Morgan fingerprint density at radius 2 is 2.00 bits per heavy atom. The highest BCUT2D eigenvalue weighted by atomic mass is 35.5. The van der Waals surface area contributed by atoms with E-state index < -0.39 is 0 Å². The van der Waals surface area contributed by atoms with Gasteiger partial charge in [-0.05, 0) is 30.3 Å². The molecule has 148 valence electrons. The van der Waals surface area contributed by atoms with Gasteiger partial charge in [-0.2, -0.15) is 0 Å². The first-order valence-electron chi connectivity index (χ1n) is 9.03. The van der Waals surface area contributed by atoms with Crippen molar-refractivity contribution < 1.29 is 14.3 Å². The monoisotopic (exact) mass is 427 g/mol. The Hall–Kier alpha value is -2.90. The maximum atomic E-state index is 12.7. The number of aromatic nitrogens is 1. The van der Waals surface area contributed by atoms with Crippen molar-refractivity contribution in [2.45, 2.75) is 13.0 Å². The lowest BCUT2D eigenvalue weighted by Crippen LogP contribution is -2.35. The molecule has 0 spiro atoms. The van der Waals surface area contributed by atoms with Gasteiger partial charge in [-0.1, -0.05) is 41.1 Å². The third kappa shape index (κ3) is 4.11. The van der Waals surface area contributed by atoms with Crippen LogP contribution in [0.5, 0.6) is 5.75 Å². The van der Waals surface area contributed by atoms with E-state index in [9.17, 15) is 9.59 Å². The van der Waals surface area contributed by atoms with E-state index >= 15 is 0 Å². The molecular formula is C21H18ClN3O3S. The van der Waals surface area contributed by atoms with Crippen LogP contribution in [-0.2, 0) is 13.0 Å². The zero-order valence-electron chi connectivity index (χ0n) is 15.6. The molecule has 4 rings (SSSR count). The Kier molecular flexibility index (Phi) is 5.51. The highest BCUT2D eigenvalue weighted by Crippen LogP contribution is 2.30. The van der Waals surface area contributed by atoms with Crippen LogP contribution in [0.1, 0.15) is 31.3 Å². The van der Waals surface area contributed by atoms with Crippen LogP contribution in [0.25, 0.3) is 0 Å². The number of fused-ring (bicyclic) bond motifs is 1. The Morgan fingerprint density at radius 3 is 2.76 bits per heavy atom. The fourth-order valence-corrected chi connectivity index (χ4v) is 4.40. The number of halogens is 1. The summed E-state index contributed by atoms with van der Waals surface area (Å²) in [5.74, 6) is 0.0967. The number of hydrogen-bond acceptors (Lipinski definition) is 5. The van der Waals surface area contributed by atoms with E-state index in [0.29, 0.717) is 46.5 Å². The summed E-state index contributed by atoms with van der Waals surface area (Å²) in [6, 6.07) is 14.1. The van der Waals surface area contributed by atoms with Gasteiger partial charge in [0.15, 0.2) is 5.13 Å². The zero-order valence-corrected chi connectivity index (χ0v) is 17.2. The van der Waals surface area contributed by atoms with Gasteiger partial charge in [0.05, 0.1) is 24.9 Å². The molecule has 0 aliphatic carbocycles. The van der Waals surface area contributed by atoms with E-state index in [1.807, 2.05) is 30.3 Å². The third-order valence-corrected chi connectivity index (χ3v) is 5.90. The van der Waals surface area contributed by atoms with Crippen molar-refractivity contribution in [2.75, 3.05) is 19.0 Å². The van der Waals surface area contributed by atoms with Gasteiger partial charge in [-0.25, -0.2) is 4.98 Å². The minimum absolute atomic E-state index is 0.00102. The van der Waals surface area contributed by atoms with E-state index in [1.54, 1.807) is 23.1 Å². The molecule has 0 radical (unpaired) electrons. The van der Waals surface area contributed by atoms with Crippen LogP contribution in [0.2, 0.25) is 5.02 Å². The highest BCUT2D eigenvalue weighted by Gasteiger charge is 2.25. The molecule has 2 aromatic carbocycles. The van der Waals surface area contributed by atoms with Crippen LogP contribution in [-0.4, -0.2) is 35.4 Å². The molecule has 1 N–H and O–H groups in total. The van der Waals surface area contributed by atoms with Crippen LogP contribution in [0.4, 0.5) is 5.13 Å². The molecule has 0 unspecified atom stereocenters. The highest BCUT2D eigenvalue weighted by molar-refractivity contribution is 7.15. The second-order valence-corrected chi connectivity index (χ2v) is 8.05. The predicted octanol–water partition coefficient (Wildman–Crippen LogP) is 4.26. The molecule has 2 heterocycles. The Labute approximate surface area is 177 Å². The number of hydrogen-bond donors (Lipinski definition) is 1. The molecule has 1 aliphatic rings. The lowest BCUT2D eigenvalue weighted by atomic mass is 10.1. The molecule has 0 fully saturated rings. The number of ether oxygens (including phenoxy) is 1. The number of methoxy groups -OCH3 is 1. The molecular weight excluding hydrogens is 410 g/mol. The van der Waals surface area contributed by atoms with E-state index in [-0.39, 0.29) is 11.8 Å². The number of thiazole rings is 1. The summed E-state index contributed by atoms with van der Waals surface area (Å²) in [5.41, 5.74) is 1.93. The van der Waals surface area contributed by atoms with E-state index in [2.05, 4.69) is 10.3 Å². The average Bonchev–Trinajstić information content (AvgIpc) is 3.15. The number of rotatable bonds is 4. The lowest BCUT2D eigenvalue weighted by Gasteiger charge is -2.26. The molecule has 0 saturated carbocycles. The fraction of sp³-hybridized carbons (Fsp3) is 0.190. The van der Waals surface area contributed by atoms with Crippen molar-refractivity contribution in [1.82, 2.24) is 9.88 Å². The molecule has 2 amide bonds. The average molecular weight is 428 g/mol. The Bertz CT molecular complexity index is 1070. The van der Waals surface area contributed by atoms with Crippen LogP contribution in [0.3, 0.4) is 0 Å². The molecule has 3 aromatic rings. The van der Waals surface area contributed by atoms with Gasteiger partial charge in [0.25, 0.3) is 11.8 Å². The Morgan fingerprint density at radius 1 is 1.21 bits per heavy atom. The fourth-order valence-electron chi connectivity index (χ4n) is 3.21. The first-order valence-corrected chi connectivity index (χ1v) is 10.2. The van der Waals surface area contributed by atoms with Crippen LogP contribution >= 0.6 is 22.9 Å². The maximum Gasteiger partial charge on any atom is 0.261 e. The lowest BCUT2D eigenvalue weighted by molar-refractivity contribution is 0.0736. The van der Waals surface area contributed by atoms with Crippen molar-refractivity contribution in [2.24, 2.45) is 0 Å². The summed E-state index contributed by atoms with van der Waals surface area (Å²) < 4.78 is 5.24. The first-order chi connectivity index (χ1) is 14.0. The van der Waals surface area contributed by atoms with Gasteiger partial charge in [0.1, 0.15) is 5.75 Å². The topological polar surface area (TPSA) is 71.5 Å². The van der Waals surface area contributed by atoms with E-state index in [1.165, 1.54) is 18.4 Å². The minimum Gasteiger partial charge on any atom is -0.496 e. The van der Waals surface area contributed by atoms with E-state index in [4.69, 9.17) is 16.3 Å². The predicted molar refractivity (Wildman–Crippen MR) is 113 cm³/mol. The summed E-state index contributed by atoms with van der Waals surface area (Å²) in [5, 5.41) is 3.76. The van der Waals surface area contributed by atoms with E-state index in [0.717, 1.165) is 10.6 Å². The first kappa shape index (κ1) is 19.4. The molecule has 0 saturated heterocycles. The molecule has 8 heteroatoms. The van der Waals surface area contributed by atoms with Crippen molar-refractivity contribution >= 4 is 39.9 Å². The molecule has 0 bridgehead atoms. The molecule has 29 heavy (non-hydrogen) atoms. The van der Waals surface area contributed by atoms with Crippen molar-refractivity contribution in [3.05, 3.63) is 75.3 Å². The number of carbonyl (C=O) groups is 2. The van der Waals surface area contributed by atoms with Gasteiger partial charge < -0.3 is 9.64 Å². The minimum atomic E-state index is -0.340. The smallest absolute Gasteiger partial charge is 0.261 e. The van der Waals surface area contributed by atoms with Crippen LogP contribution in [0.15, 0.2) is 48.5 Å². The van der Waals surface area contributed by atoms with Crippen molar-refractivity contribution in [3.8, 4) is 5.75 Å². The van der Waals surface area contributed by atoms with Gasteiger partial charge in [0, 0.05) is 28.4 Å². The Balaban J connectivity index is 1.49. The number of benzene rings is 2. The number of carbonyl (C=O) groups excluding carboxylic acids is 2. The summed E-state index contributed by atoms with van der Waals surface area (Å²) in [6.07, 6.45) is 0.654. The quantitative estimate of drug-likeness (QED) is 0.675. The number of amides is 2. The molecule has 6 nitrogen and oxygen atoms in total. The van der Waals surface area contributed by atoms with Crippen molar-refractivity contribution in [1.29, 1.82) is 0 Å². The second kappa shape index (κ2) is 8.23. The maximum absolute atomic E-state index is 12.7. The summed E-state index contributed by atoms with van der Waals surface area (Å²) in [7, 11) is 1.50. The van der Waals surface area contributed by atoms with Crippen molar-refractivity contribution in [3.63, 3.8) is 0 Å². The van der Waals surface area contributed by atoms with Gasteiger partial charge >= 0.3 is 0 Å². The SMILES string of the molecule is COc1ccc(Cl)cc1C(=O)Nc1nc2c(s1)CN(C(=O)c1ccccc1)CC2. The summed E-state index contributed by atoms with van der Waals surface area (Å²) in [4.78, 5) is 32.7. The zero-order chi connectivity index (χ0) is 20.4. The normalized spacial score (nSPS) is 13.0. The third-order valence-electron chi connectivity index (χ3n) is 4.67. The second-order valence-electron chi connectivity index (χ2n) is 6.53. The van der Waals surface area contributed by atoms with Crippen LogP contribution in [0, 0.1) is 0 Å². The summed E-state index contributed by atoms with van der Waals surface area (Å²) in [6.45, 7) is 1.08. The molecule has 1 aromatic heterocycles. The van der Waals surface area contributed by atoms with Crippen LogP contribution < -0.4 is 10.1 Å². The van der Waals surface area contributed by atoms with Gasteiger partial charge in [-0.15, -0.1) is 0 Å². The molecule has 1 aliphatic heterocycles.